The predicted octanol–water partition coefficient (Wildman–Crippen LogP) is 2.72. The molecular formula is C12H25NO. The molecule has 1 aliphatic rings. The quantitative estimate of drug-likeness (QED) is 0.751. The van der Waals surface area contributed by atoms with Gasteiger partial charge in [-0.2, -0.15) is 0 Å². The maximum Gasteiger partial charge on any atom is 0.0675 e. The van der Waals surface area contributed by atoms with Crippen molar-refractivity contribution in [2.45, 2.75) is 71.1 Å². The van der Waals surface area contributed by atoms with Gasteiger partial charge in [0.2, 0.25) is 0 Å². The summed E-state index contributed by atoms with van der Waals surface area (Å²) in [5, 5.41) is 3.47. The molecule has 1 N–H and O–H groups in total. The molecule has 1 atom stereocenters. The Hall–Kier alpha value is -0.0800. The number of rotatable bonds is 4. The highest BCUT2D eigenvalue weighted by molar-refractivity contribution is 4.74. The van der Waals surface area contributed by atoms with Crippen LogP contribution >= 0.6 is 0 Å². The average Bonchev–Trinajstić information content (AvgIpc) is 2.52. The van der Waals surface area contributed by atoms with Gasteiger partial charge in [0, 0.05) is 12.1 Å². The summed E-state index contributed by atoms with van der Waals surface area (Å²) in [6.07, 6.45) is 6.11. The van der Waals surface area contributed by atoms with Gasteiger partial charge in [-0.1, -0.05) is 12.8 Å². The summed E-state index contributed by atoms with van der Waals surface area (Å²) in [7, 11) is 0. The maximum atomic E-state index is 5.94. The second-order valence-corrected chi connectivity index (χ2v) is 5.48. The van der Waals surface area contributed by atoms with Crippen molar-refractivity contribution in [1.29, 1.82) is 0 Å². The molecule has 1 fully saturated rings. The van der Waals surface area contributed by atoms with Crippen molar-refractivity contribution in [2.24, 2.45) is 0 Å². The number of hydrogen-bond donors (Lipinski definition) is 1. The molecule has 0 aromatic carbocycles. The molecule has 0 amide bonds. The molecule has 2 heteroatoms. The Labute approximate surface area is 88.4 Å². The fourth-order valence-electron chi connectivity index (χ4n) is 1.85. The van der Waals surface area contributed by atoms with Crippen molar-refractivity contribution in [1.82, 2.24) is 5.32 Å². The number of ether oxygens (including phenoxy) is 1. The van der Waals surface area contributed by atoms with Gasteiger partial charge in [-0.05, 0) is 40.5 Å². The normalized spacial score (nSPS) is 21.4. The van der Waals surface area contributed by atoms with Crippen molar-refractivity contribution < 1.29 is 4.74 Å². The molecule has 1 saturated carbocycles. The van der Waals surface area contributed by atoms with E-state index in [2.05, 4.69) is 33.0 Å². The van der Waals surface area contributed by atoms with E-state index in [4.69, 9.17) is 4.74 Å². The fraction of sp³-hybridized carbons (Fsp3) is 1.00. The Kier molecular flexibility index (Phi) is 4.39. The summed E-state index contributed by atoms with van der Waals surface area (Å²) in [5.74, 6) is 0. The lowest BCUT2D eigenvalue weighted by molar-refractivity contribution is 0.000438. The highest BCUT2D eigenvalue weighted by Gasteiger charge is 2.19. The third kappa shape index (κ3) is 4.97. The minimum Gasteiger partial charge on any atom is -0.374 e. The van der Waals surface area contributed by atoms with Crippen LogP contribution in [0.25, 0.3) is 0 Å². The Morgan fingerprint density at radius 3 is 2.36 bits per heavy atom. The first-order valence-electron chi connectivity index (χ1n) is 5.88. The van der Waals surface area contributed by atoms with Gasteiger partial charge >= 0.3 is 0 Å². The van der Waals surface area contributed by atoms with E-state index in [1.165, 1.54) is 25.7 Å². The summed E-state index contributed by atoms with van der Waals surface area (Å²) in [6, 6.07) is 0. The molecule has 14 heavy (non-hydrogen) atoms. The SMILES string of the molecule is CC(CNC(C)(C)C)OC1CCCC1. The van der Waals surface area contributed by atoms with Crippen LogP contribution in [0.3, 0.4) is 0 Å². The lowest BCUT2D eigenvalue weighted by Gasteiger charge is -2.25. The van der Waals surface area contributed by atoms with Gasteiger partial charge in [0.15, 0.2) is 0 Å². The third-order valence-corrected chi connectivity index (χ3v) is 2.65. The first-order valence-corrected chi connectivity index (χ1v) is 5.88. The number of hydrogen-bond acceptors (Lipinski definition) is 2. The van der Waals surface area contributed by atoms with Crippen molar-refractivity contribution in [3.05, 3.63) is 0 Å². The first kappa shape index (κ1) is 12.0. The molecule has 0 aromatic heterocycles. The van der Waals surface area contributed by atoms with Crippen LogP contribution in [-0.2, 0) is 4.74 Å². The average molecular weight is 199 g/mol. The predicted molar refractivity (Wildman–Crippen MR) is 60.6 cm³/mol. The molecule has 0 spiro atoms. The molecule has 84 valence electrons. The summed E-state index contributed by atoms with van der Waals surface area (Å²) in [6.45, 7) is 9.69. The maximum absolute atomic E-state index is 5.94. The Morgan fingerprint density at radius 2 is 1.86 bits per heavy atom. The minimum absolute atomic E-state index is 0.202. The minimum atomic E-state index is 0.202. The van der Waals surface area contributed by atoms with Crippen molar-refractivity contribution in [2.75, 3.05) is 6.54 Å². The molecule has 2 nitrogen and oxygen atoms in total. The molecule has 0 saturated heterocycles. The topological polar surface area (TPSA) is 21.3 Å². The van der Waals surface area contributed by atoms with Crippen LogP contribution in [0.1, 0.15) is 53.4 Å². The molecule has 1 rings (SSSR count). The summed E-state index contributed by atoms with van der Waals surface area (Å²) in [5.41, 5.74) is 0.202. The second-order valence-electron chi connectivity index (χ2n) is 5.48. The van der Waals surface area contributed by atoms with Crippen LogP contribution in [0.15, 0.2) is 0 Å². The lowest BCUT2D eigenvalue weighted by atomic mass is 10.1. The van der Waals surface area contributed by atoms with Crippen LogP contribution in [0.2, 0.25) is 0 Å². The van der Waals surface area contributed by atoms with E-state index in [1.54, 1.807) is 0 Å². The Bertz CT molecular complexity index is 156. The van der Waals surface area contributed by atoms with Crippen LogP contribution in [0.4, 0.5) is 0 Å². The highest BCUT2D eigenvalue weighted by atomic mass is 16.5. The number of nitrogens with one attached hydrogen (secondary N) is 1. The monoisotopic (exact) mass is 199 g/mol. The van der Waals surface area contributed by atoms with Crippen molar-refractivity contribution >= 4 is 0 Å². The third-order valence-electron chi connectivity index (χ3n) is 2.65. The highest BCUT2D eigenvalue weighted by Crippen LogP contribution is 2.22. The van der Waals surface area contributed by atoms with Gasteiger partial charge in [-0.3, -0.25) is 0 Å². The molecule has 0 radical (unpaired) electrons. The van der Waals surface area contributed by atoms with Crippen molar-refractivity contribution in [3.63, 3.8) is 0 Å². The smallest absolute Gasteiger partial charge is 0.0675 e. The largest absolute Gasteiger partial charge is 0.374 e. The zero-order valence-electron chi connectivity index (χ0n) is 10.1. The van der Waals surface area contributed by atoms with Gasteiger partial charge in [-0.25, -0.2) is 0 Å². The molecule has 0 heterocycles. The fourth-order valence-corrected chi connectivity index (χ4v) is 1.85. The Balaban J connectivity index is 2.12. The van der Waals surface area contributed by atoms with Gasteiger partial charge in [0.25, 0.3) is 0 Å². The molecule has 1 unspecified atom stereocenters. The molecule has 0 aliphatic heterocycles. The Morgan fingerprint density at radius 1 is 1.29 bits per heavy atom. The van der Waals surface area contributed by atoms with Crippen LogP contribution in [-0.4, -0.2) is 24.3 Å². The summed E-state index contributed by atoms with van der Waals surface area (Å²) >= 11 is 0. The molecule has 0 bridgehead atoms. The van der Waals surface area contributed by atoms with Crippen LogP contribution < -0.4 is 5.32 Å². The van der Waals surface area contributed by atoms with E-state index in [0.29, 0.717) is 12.2 Å². The van der Waals surface area contributed by atoms with E-state index < -0.39 is 0 Å². The van der Waals surface area contributed by atoms with Gasteiger partial charge in [-0.15, -0.1) is 0 Å². The summed E-state index contributed by atoms with van der Waals surface area (Å²) in [4.78, 5) is 0. The molecular weight excluding hydrogens is 174 g/mol. The van der Waals surface area contributed by atoms with E-state index >= 15 is 0 Å². The molecule has 1 aliphatic carbocycles. The summed E-state index contributed by atoms with van der Waals surface area (Å²) < 4.78 is 5.94. The standard InChI is InChI=1S/C12H25NO/c1-10(9-13-12(2,3)4)14-11-7-5-6-8-11/h10-11,13H,5-9H2,1-4H3. The van der Waals surface area contributed by atoms with E-state index in [1.807, 2.05) is 0 Å². The zero-order valence-corrected chi connectivity index (χ0v) is 10.1. The van der Waals surface area contributed by atoms with Crippen molar-refractivity contribution in [3.8, 4) is 0 Å². The lowest BCUT2D eigenvalue weighted by Crippen LogP contribution is -2.41. The van der Waals surface area contributed by atoms with E-state index in [0.717, 1.165) is 6.54 Å². The van der Waals surface area contributed by atoms with Gasteiger partial charge in [0.1, 0.15) is 0 Å². The van der Waals surface area contributed by atoms with E-state index in [-0.39, 0.29) is 5.54 Å². The van der Waals surface area contributed by atoms with Crippen LogP contribution in [0, 0.1) is 0 Å². The van der Waals surface area contributed by atoms with Gasteiger partial charge < -0.3 is 10.1 Å². The van der Waals surface area contributed by atoms with Gasteiger partial charge in [0.05, 0.1) is 12.2 Å². The second kappa shape index (κ2) is 5.13. The molecule has 0 aromatic rings. The van der Waals surface area contributed by atoms with Crippen LogP contribution in [0.5, 0.6) is 0 Å². The zero-order chi connectivity index (χ0) is 10.6. The van der Waals surface area contributed by atoms with E-state index in [9.17, 15) is 0 Å². The first-order chi connectivity index (χ1) is 6.47.